The fraction of sp³-hybridized carbons (Fsp3) is 0.222. The van der Waals surface area contributed by atoms with Gasteiger partial charge in [-0.25, -0.2) is 8.78 Å². The molecule has 1 unspecified atom stereocenters. The van der Waals surface area contributed by atoms with Crippen LogP contribution in [0.15, 0.2) is 24.3 Å². The molecule has 14 heavy (non-hydrogen) atoms. The zero-order chi connectivity index (χ0) is 10.6. The number of alkyl halides is 3. The molecular weight excluding hydrogens is 197 g/mol. The Labute approximate surface area is 78.3 Å². The van der Waals surface area contributed by atoms with Crippen LogP contribution in [0.3, 0.4) is 0 Å². The Kier molecular flexibility index (Phi) is 3.50. The van der Waals surface area contributed by atoms with Crippen LogP contribution in [0.4, 0.5) is 13.2 Å². The maximum Gasteiger partial charge on any atom is 0.304 e. The molecule has 0 saturated carbocycles. The lowest BCUT2D eigenvalue weighted by molar-refractivity contribution is -0.0668. The van der Waals surface area contributed by atoms with E-state index in [2.05, 4.69) is 4.74 Å². The van der Waals surface area contributed by atoms with Crippen molar-refractivity contribution in [1.29, 1.82) is 0 Å². The summed E-state index contributed by atoms with van der Waals surface area (Å²) in [4.78, 5) is 10.2. The molecule has 0 heterocycles. The van der Waals surface area contributed by atoms with Crippen LogP contribution in [-0.2, 0) is 0 Å². The van der Waals surface area contributed by atoms with Crippen molar-refractivity contribution in [2.24, 2.45) is 0 Å². The number of hydrogen-bond donors (Lipinski definition) is 0. The van der Waals surface area contributed by atoms with Gasteiger partial charge in [0.25, 0.3) is 6.36 Å². The highest BCUT2D eigenvalue weighted by molar-refractivity contribution is 5.74. The lowest BCUT2D eigenvalue weighted by atomic mass is 10.2. The molecule has 0 aliphatic rings. The standard InChI is InChI=1S/C9H7F3O2/c10-8(11)9(12)14-7-3-1-6(5-13)2-4-7/h1-5,8-9H. The van der Waals surface area contributed by atoms with Crippen molar-refractivity contribution in [3.05, 3.63) is 29.8 Å². The molecule has 0 aliphatic heterocycles. The number of ether oxygens (including phenoxy) is 1. The van der Waals surface area contributed by atoms with Crippen LogP contribution in [0.1, 0.15) is 10.4 Å². The smallest absolute Gasteiger partial charge is 0.304 e. The molecule has 0 radical (unpaired) electrons. The van der Waals surface area contributed by atoms with E-state index < -0.39 is 12.8 Å². The highest BCUT2D eigenvalue weighted by Gasteiger charge is 2.20. The average Bonchev–Trinajstić information content (AvgIpc) is 2.19. The van der Waals surface area contributed by atoms with E-state index in [0.29, 0.717) is 11.8 Å². The molecule has 0 aromatic heterocycles. The van der Waals surface area contributed by atoms with Gasteiger partial charge in [-0.2, -0.15) is 4.39 Å². The first kappa shape index (κ1) is 10.6. The first-order valence-corrected chi connectivity index (χ1v) is 3.77. The molecule has 1 atom stereocenters. The maximum atomic E-state index is 12.4. The summed E-state index contributed by atoms with van der Waals surface area (Å²) in [5.74, 6) is -0.0385. The molecule has 0 amide bonds. The van der Waals surface area contributed by atoms with Gasteiger partial charge in [0.05, 0.1) is 0 Å². The predicted octanol–water partition coefficient (Wildman–Crippen LogP) is 2.44. The first-order valence-electron chi connectivity index (χ1n) is 3.77. The van der Waals surface area contributed by atoms with Gasteiger partial charge < -0.3 is 4.74 Å². The third-order valence-electron chi connectivity index (χ3n) is 1.46. The minimum Gasteiger partial charge on any atom is -0.454 e. The Bertz CT molecular complexity index is 297. The summed E-state index contributed by atoms with van der Waals surface area (Å²) in [6.07, 6.45) is -5.23. The van der Waals surface area contributed by atoms with Crippen LogP contribution >= 0.6 is 0 Å². The molecule has 0 N–H and O–H groups in total. The van der Waals surface area contributed by atoms with Gasteiger partial charge in [-0.05, 0) is 24.3 Å². The Hall–Kier alpha value is -1.52. The van der Waals surface area contributed by atoms with E-state index in [0.717, 1.165) is 0 Å². The van der Waals surface area contributed by atoms with E-state index in [1.165, 1.54) is 24.3 Å². The number of hydrogen-bond acceptors (Lipinski definition) is 2. The van der Waals surface area contributed by atoms with Gasteiger partial charge >= 0.3 is 6.43 Å². The maximum absolute atomic E-state index is 12.4. The summed E-state index contributed by atoms with van der Waals surface area (Å²) in [5, 5.41) is 0. The van der Waals surface area contributed by atoms with Gasteiger partial charge in [-0.15, -0.1) is 0 Å². The number of rotatable bonds is 4. The van der Waals surface area contributed by atoms with Crippen molar-refractivity contribution in [2.75, 3.05) is 0 Å². The number of benzene rings is 1. The van der Waals surface area contributed by atoms with Crippen molar-refractivity contribution >= 4 is 6.29 Å². The normalized spacial score (nSPS) is 12.6. The summed E-state index contributed by atoms with van der Waals surface area (Å²) in [7, 11) is 0. The monoisotopic (exact) mass is 204 g/mol. The van der Waals surface area contributed by atoms with E-state index in [-0.39, 0.29) is 5.75 Å². The summed E-state index contributed by atoms with van der Waals surface area (Å²) in [5.41, 5.74) is 0.366. The van der Waals surface area contributed by atoms with Gasteiger partial charge in [-0.1, -0.05) is 0 Å². The lowest BCUT2D eigenvalue weighted by Gasteiger charge is -2.09. The molecular formula is C9H7F3O2. The number of carbonyl (C=O) groups is 1. The summed E-state index contributed by atoms with van der Waals surface area (Å²) < 4.78 is 40.0. The quantitative estimate of drug-likeness (QED) is 0.704. The van der Waals surface area contributed by atoms with Crippen molar-refractivity contribution in [2.45, 2.75) is 12.8 Å². The van der Waals surface area contributed by atoms with E-state index in [1.807, 2.05) is 0 Å². The lowest BCUT2D eigenvalue weighted by Crippen LogP contribution is -2.19. The third-order valence-corrected chi connectivity index (χ3v) is 1.46. The third kappa shape index (κ3) is 2.76. The van der Waals surface area contributed by atoms with Crippen LogP contribution in [0.2, 0.25) is 0 Å². The zero-order valence-electron chi connectivity index (χ0n) is 6.99. The van der Waals surface area contributed by atoms with Gasteiger partial charge in [0.2, 0.25) is 0 Å². The minimum absolute atomic E-state index is 0.0385. The minimum atomic E-state index is -3.18. The molecule has 0 spiro atoms. The molecule has 0 aliphatic carbocycles. The summed E-state index contributed by atoms with van der Waals surface area (Å²) in [6, 6.07) is 5.19. The Balaban J connectivity index is 2.64. The van der Waals surface area contributed by atoms with E-state index >= 15 is 0 Å². The van der Waals surface area contributed by atoms with E-state index in [4.69, 9.17) is 0 Å². The molecule has 5 heteroatoms. The predicted molar refractivity (Wildman–Crippen MR) is 43.4 cm³/mol. The Morgan fingerprint density at radius 2 is 1.71 bits per heavy atom. The van der Waals surface area contributed by atoms with Crippen LogP contribution in [0.25, 0.3) is 0 Å². The van der Waals surface area contributed by atoms with Gasteiger partial charge in [0.15, 0.2) is 0 Å². The van der Waals surface area contributed by atoms with Gasteiger partial charge in [0, 0.05) is 5.56 Å². The number of aldehydes is 1. The van der Waals surface area contributed by atoms with Gasteiger partial charge in [0.1, 0.15) is 12.0 Å². The Morgan fingerprint density at radius 3 is 2.14 bits per heavy atom. The van der Waals surface area contributed by atoms with Gasteiger partial charge in [-0.3, -0.25) is 4.79 Å². The van der Waals surface area contributed by atoms with Crippen LogP contribution in [0.5, 0.6) is 5.75 Å². The average molecular weight is 204 g/mol. The molecule has 0 bridgehead atoms. The van der Waals surface area contributed by atoms with Crippen LogP contribution < -0.4 is 4.74 Å². The zero-order valence-corrected chi connectivity index (χ0v) is 6.99. The second kappa shape index (κ2) is 4.64. The molecule has 76 valence electrons. The summed E-state index contributed by atoms with van der Waals surface area (Å²) in [6.45, 7) is 0. The second-order valence-corrected chi connectivity index (χ2v) is 2.49. The molecule has 1 aromatic rings. The first-order chi connectivity index (χ1) is 6.63. The SMILES string of the molecule is O=Cc1ccc(OC(F)C(F)F)cc1. The van der Waals surface area contributed by atoms with Crippen molar-refractivity contribution < 1.29 is 22.7 Å². The fourth-order valence-electron chi connectivity index (χ4n) is 0.806. The fourth-order valence-corrected chi connectivity index (χ4v) is 0.806. The molecule has 2 nitrogen and oxygen atoms in total. The molecule has 0 saturated heterocycles. The highest BCUT2D eigenvalue weighted by atomic mass is 19.3. The molecule has 0 fully saturated rings. The van der Waals surface area contributed by atoms with E-state index in [1.54, 1.807) is 0 Å². The van der Waals surface area contributed by atoms with Crippen molar-refractivity contribution in [3.8, 4) is 5.75 Å². The molecule has 1 rings (SSSR count). The highest BCUT2D eigenvalue weighted by Crippen LogP contribution is 2.16. The van der Waals surface area contributed by atoms with Crippen LogP contribution in [0, 0.1) is 0 Å². The van der Waals surface area contributed by atoms with Crippen molar-refractivity contribution in [3.63, 3.8) is 0 Å². The summed E-state index contributed by atoms with van der Waals surface area (Å²) >= 11 is 0. The number of carbonyl (C=O) groups excluding carboxylic acids is 1. The van der Waals surface area contributed by atoms with E-state index in [9.17, 15) is 18.0 Å². The number of halogens is 3. The van der Waals surface area contributed by atoms with Crippen molar-refractivity contribution in [1.82, 2.24) is 0 Å². The topological polar surface area (TPSA) is 26.3 Å². The Morgan fingerprint density at radius 1 is 1.14 bits per heavy atom. The second-order valence-electron chi connectivity index (χ2n) is 2.49. The molecule has 1 aromatic carbocycles. The largest absolute Gasteiger partial charge is 0.454 e. The van der Waals surface area contributed by atoms with Crippen LogP contribution in [-0.4, -0.2) is 19.1 Å².